The molecule has 1 atom stereocenters. The van der Waals surface area contributed by atoms with Gasteiger partial charge in [0, 0.05) is 44.9 Å². The number of rotatable bonds is 4. The van der Waals surface area contributed by atoms with Gasteiger partial charge in [-0.1, -0.05) is 18.2 Å². The second-order valence-electron chi connectivity index (χ2n) is 5.82. The number of hydrogen-bond donors (Lipinski definition) is 1. The van der Waals surface area contributed by atoms with Crippen molar-refractivity contribution in [2.75, 3.05) is 13.6 Å². The highest BCUT2D eigenvalue weighted by Crippen LogP contribution is 2.18. The number of imidazole rings is 1. The maximum absolute atomic E-state index is 12.3. The van der Waals surface area contributed by atoms with Crippen LogP contribution < -0.4 is 5.32 Å². The molecule has 0 aliphatic carbocycles. The zero-order valence-electron chi connectivity index (χ0n) is 13.1. The summed E-state index contributed by atoms with van der Waals surface area (Å²) in [4.78, 5) is 29.8. The molecule has 2 heterocycles. The SMILES string of the molecule is CN1CCC(C(=O)NCc2ccccc2-n2ccnc2)CC1=O. The molecule has 1 fully saturated rings. The van der Waals surface area contributed by atoms with Crippen LogP contribution in [0.4, 0.5) is 0 Å². The van der Waals surface area contributed by atoms with Gasteiger partial charge in [0.1, 0.15) is 0 Å². The van der Waals surface area contributed by atoms with Gasteiger partial charge in [-0.25, -0.2) is 4.98 Å². The van der Waals surface area contributed by atoms with Crippen LogP contribution >= 0.6 is 0 Å². The number of likely N-dealkylation sites (tertiary alicyclic amines) is 1. The molecule has 0 radical (unpaired) electrons. The van der Waals surface area contributed by atoms with E-state index in [0.29, 0.717) is 19.5 Å². The van der Waals surface area contributed by atoms with E-state index in [2.05, 4.69) is 10.3 Å². The van der Waals surface area contributed by atoms with Crippen molar-refractivity contribution in [3.63, 3.8) is 0 Å². The van der Waals surface area contributed by atoms with Crippen LogP contribution in [0.5, 0.6) is 0 Å². The van der Waals surface area contributed by atoms with E-state index in [1.165, 1.54) is 0 Å². The van der Waals surface area contributed by atoms with Gasteiger partial charge >= 0.3 is 0 Å². The zero-order valence-corrected chi connectivity index (χ0v) is 13.1. The third kappa shape index (κ3) is 3.41. The van der Waals surface area contributed by atoms with Crippen molar-refractivity contribution in [2.45, 2.75) is 19.4 Å². The molecule has 0 bridgehead atoms. The number of hydrogen-bond acceptors (Lipinski definition) is 3. The van der Waals surface area contributed by atoms with E-state index in [0.717, 1.165) is 17.7 Å². The Bertz CT molecular complexity index is 696. The normalized spacial score (nSPS) is 18.0. The van der Waals surface area contributed by atoms with E-state index < -0.39 is 0 Å². The maximum Gasteiger partial charge on any atom is 0.223 e. The summed E-state index contributed by atoms with van der Waals surface area (Å²) in [7, 11) is 1.78. The molecule has 6 nitrogen and oxygen atoms in total. The summed E-state index contributed by atoms with van der Waals surface area (Å²) >= 11 is 0. The van der Waals surface area contributed by atoms with E-state index in [1.54, 1.807) is 24.5 Å². The Kier molecular flexibility index (Phi) is 4.41. The summed E-state index contributed by atoms with van der Waals surface area (Å²) in [5.41, 5.74) is 2.00. The Morgan fingerprint density at radius 1 is 1.39 bits per heavy atom. The summed E-state index contributed by atoms with van der Waals surface area (Å²) < 4.78 is 1.92. The number of piperidine rings is 1. The highest BCUT2D eigenvalue weighted by molar-refractivity contribution is 5.86. The number of carbonyl (C=O) groups excluding carboxylic acids is 2. The molecule has 23 heavy (non-hydrogen) atoms. The zero-order chi connectivity index (χ0) is 16.2. The van der Waals surface area contributed by atoms with Crippen molar-refractivity contribution < 1.29 is 9.59 Å². The standard InChI is InChI=1S/C17H20N4O2/c1-20-8-6-13(10-16(20)22)17(23)19-11-14-4-2-3-5-15(14)21-9-7-18-12-21/h2-5,7,9,12-13H,6,8,10-11H2,1H3,(H,19,23). The van der Waals surface area contributed by atoms with Gasteiger partial charge in [-0.2, -0.15) is 0 Å². The Labute approximate surface area is 135 Å². The molecular weight excluding hydrogens is 292 g/mol. The molecule has 1 aliphatic heterocycles. The van der Waals surface area contributed by atoms with Gasteiger partial charge in [0.05, 0.1) is 12.0 Å². The van der Waals surface area contributed by atoms with Crippen LogP contribution in [0, 0.1) is 5.92 Å². The van der Waals surface area contributed by atoms with Crippen LogP contribution in [0.1, 0.15) is 18.4 Å². The van der Waals surface area contributed by atoms with Crippen molar-refractivity contribution in [3.05, 3.63) is 48.5 Å². The van der Waals surface area contributed by atoms with Gasteiger partial charge in [-0.05, 0) is 18.1 Å². The summed E-state index contributed by atoms with van der Waals surface area (Å²) in [5.74, 6) is -0.235. The maximum atomic E-state index is 12.3. The van der Waals surface area contributed by atoms with Gasteiger partial charge in [0.15, 0.2) is 0 Å². The van der Waals surface area contributed by atoms with Crippen molar-refractivity contribution in [2.24, 2.45) is 5.92 Å². The number of nitrogens with one attached hydrogen (secondary N) is 1. The van der Waals surface area contributed by atoms with Gasteiger partial charge in [0.2, 0.25) is 11.8 Å². The molecule has 3 rings (SSSR count). The van der Waals surface area contributed by atoms with Gasteiger partial charge < -0.3 is 14.8 Å². The first-order valence-electron chi connectivity index (χ1n) is 7.73. The fraction of sp³-hybridized carbons (Fsp3) is 0.353. The number of nitrogens with zero attached hydrogens (tertiary/aromatic N) is 3. The van der Waals surface area contributed by atoms with E-state index in [-0.39, 0.29) is 17.7 Å². The third-order valence-corrected chi connectivity index (χ3v) is 4.26. The molecule has 1 aromatic carbocycles. The largest absolute Gasteiger partial charge is 0.352 e. The minimum absolute atomic E-state index is 0.0372. The minimum Gasteiger partial charge on any atom is -0.352 e. The lowest BCUT2D eigenvalue weighted by atomic mass is 9.95. The second kappa shape index (κ2) is 6.64. The topological polar surface area (TPSA) is 67.2 Å². The first-order valence-corrected chi connectivity index (χ1v) is 7.73. The third-order valence-electron chi connectivity index (χ3n) is 4.26. The average Bonchev–Trinajstić information content (AvgIpc) is 3.10. The number of benzene rings is 1. The van der Waals surface area contributed by atoms with Crippen molar-refractivity contribution in [1.82, 2.24) is 19.8 Å². The monoisotopic (exact) mass is 312 g/mol. The smallest absolute Gasteiger partial charge is 0.223 e. The van der Waals surface area contributed by atoms with E-state index in [1.807, 2.05) is 35.0 Å². The molecule has 1 N–H and O–H groups in total. The Hall–Kier alpha value is -2.63. The predicted octanol–water partition coefficient (Wildman–Crippen LogP) is 1.36. The average molecular weight is 312 g/mol. The van der Waals surface area contributed by atoms with Gasteiger partial charge in [0.25, 0.3) is 0 Å². The lowest BCUT2D eigenvalue weighted by molar-refractivity contribution is -0.139. The molecule has 0 saturated carbocycles. The van der Waals surface area contributed by atoms with Crippen molar-refractivity contribution >= 4 is 11.8 Å². The van der Waals surface area contributed by atoms with Gasteiger partial charge in [-0.15, -0.1) is 0 Å². The fourth-order valence-electron chi connectivity index (χ4n) is 2.81. The van der Waals surface area contributed by atoms with Crippen LogP contribution in [0.25, 0.3) is 5.69 Å². The molecule has 1 aliphatic rings. The fourth-order valence-corrected chi connectivity index (χ4v) is 2.81. The number of aromatic nitrogens is 2. The summed E-state index contributed by atoms with van der Waals surface area (Å²) in [6, 6.07) is 7.87. The molecule has 1 unspecified atom stereocenters. The van der Waals surface area contributed by atoms with Crippen LogP contribution in [0.3, 0.4) is 0 Å². The summed E-state index contributed by atoms with van der Waals surface area (Å²) in [6.45, 7) is 1.08. The molecule has 0 spiro atoms. The van der Waals surface area contributed by atoms with Crippen LogP contribution in [-0.2, 0) is 16.1 Å². The first-order chi connectivity index (χ1) is 11.1. The summed E-state index contributed by atoms with van der Waals surface area (Å²) in [5, 5.41) is 2.96. The number of carbonyl (C=O) groups is 2. The Morgan fingerprint density at radius 2 is 2.22 bits per heavy atom. The number of amides is 2. The quantitative estimate of drug-likeness (QED) is 0.927. The molecule has 2 aromatic rings. The highest BCUT2D eigenvalue weighted by Gasteiger charge is 2.28. The van der Waals surface area contributed by atoms with Crippen LogP contribution in [-0.4, -0.2) is 39.9 Å². The van der Waals surface area contributed by atoms with Crippen LogP contribution in [0.15, 0.2) is 43.0 Å². The van der Waals surface area contributed by atoms with Gasteiger partial charge in [-0.3, -0.25) is 9.59 Å². The highest BCUT2D eigenvalue weighted by atomic mass is 16.2. The Balaban J connectivity index is 1.65. The Morgan fingerprint density at radius 3 is 2.96 bits per heavy atom. The van der Waals surface area contributed by atoms with Crippen LogP contribution in [0.2, 0.25) is 0 Å². The summed E-state index contributed by atoms with van der Waals surface area (Å²) in [6.07, 6.45) is 6.34. The van der Waals surface area contributed by atoms with Crippen molar-refractivity contribution in [3.8, 4) is 5.69 Å². The molecule has 1 aromatic heterocycles. The molecule has 120 valence electrons. The molecule has 2 amide bonds. The first kappa shape index (κ1) is 15.3. The predicted molar refractivity (Wildman–Crippen MR) is 85.8 cm³/mol. The second-order valence-corrected chi connectivity index (χ2v) is 5.82. The lowest BCUT2D eigenvalue weighted by Gasteiger charge is -2.28. The van der Waals surface area contributed by atoms with Crippen molar-refractivity contribution in [1.29, 1.82) is 0 Å². The molecule has 6 heteroatoms. The van der Waals surface area contributed by atoms with E-state index in [4.69, 9.17) is 0 Å². The van der Waals surface area contributed by atoms with E-state index in [9.17, 15) is 9.59 Å². The molecule has 1 saturated heterocycles. The molecular formula is C17H20N4O2. The number of para-hydroxylation sites is 1. The van der Waals surface area contributed by atoms with E-state index >= 15 is 0 Å². The lowest BCUT2D eigenvalue weighted by Crippen LogP contribution is -2.41. The minimum atomic E-state index is -0.223.